The Morgan fingerprint density at radius 3 is 2.58 bits per heavy atom. The standard InChI is InChI=1S/C30H26ClN3O3S/c1-18(2)24-16-25(19(3)15-27(24)36-4)29-33-26-8-6-5-7-23(26)30(35)34(29)32-17-21-11-14-28(37-21)38-22-12-9-20(31)10-13-22/h5-18H,1-4H3. The van der Waals surface area contributed by atoms with E-state index in [2.05, 4.69) is 18.9 Å². The fourth-order valence-electron chi connectivity index (χ4n) is 4.16. The summed E-state index contributed by atoms with van der Waals surface area (Å²) in [5.41, 5.74) is 3.12. The van der Waals surface area contributed by atoms with Gasteiger partial charge in [-0.25, -0.2) is 4.98 Å². The molecule has 0 saturated heterocycles. The third-order valence-electron chi connectivity index (χ3n) is 6.13. The van der Waals surface area contributed by atoms with Gasteiger partial charge in [0, 0.05) is 15.5 Å². The molecule has 5 rings (SSSR count). The smallest absolute Gasteiger partial charge is 0.282 e. The minimum Gasteiger partial charge on any atom is -0.496 e. The van der Waals surface area contributed by atoms with Crippen LogP contribution in [0, 0.1) is 6.92 Å². The number of rotatable bonds is 7. The molecule has 0 aliphatic rings. The molecule has 0 aliphatic carbocycles. The second-order valence-corrected chi connectivity index (χ2v) is 10.6. The van der Waals surface area contributed by atoms with Gasteiger partial charge in [0.1, 0.15) is 11.5 Å². The molecule has 0 fully saturated rings. The normalized spacial score (nSPS) is 11.6. The first-order valence-corrected chi connectivity index (χ1v) is 13.3. The molecule has 0 saturated carbocycles. The van der Waals surface area contributed by atoms with Gasteiger partial charge in [0.2, 0.25) is 0 Å². The first-order chi connectivity index (χ1) is 18.3. The SMILES string of the molecule is COc1cc(C)c(-c2nc3ccccc3c(=O)n2N=Cc2ccc(Sc3ccc(Cl)cc3)o2)cc1C(C)C. The van der Waals surface area contributed by atoms with E-state index in [9.17, 15) is 4.79 Å². The molecule has 38 heavy (non-hydrogen) atoms. The fraction of sp³-hybridized carbons (Fsp3) is 0.167. The zero-order valence-electron chi connectivity index (χ0n) is 21.4. The molecule has 0 aliphatic heterocycles. The van der Waals surface area contributed by atoms with Gasteiger partial charge in [-0.1, -0.05) is 49.3 Å². The molecule has 3 aromatic carbocycles. The van der Waals surface area contributed by atoms with E-state index < -0.39 is 0 Å². The number of para-hydroxylation sites is 1. The van der Waals surface area contributed by atoms with Gasteiger partial charge < -0.3 is 9.15 Å². The van der Waals surface area contributed by atoms with Gasteiger partial charge in [0.05, 0.1) is 24.2 Å². The van der Waals surface area contributed by atoms with Crippen molar-refractivity contribution in [2.75, 3.05) is 7.11 Å². The maximum atomic E-state index is 13.6. The zero-order chi connectivity index (χ0) is 26.8. The Balaban J connectivity index is 1.59. The van der Waals surface area contributed by atoms with Crippen LogP contribution in [0.3, 0.4) is 0 Å². The molecular formula is C30H26ClN3O3S. The van der Waals surface area contributed by atoms with E-state index in [-0.39, 0.29) is 11.5 Å². The van der Waals surface area contributed by atoms with Crippen molar-refractivity contribution in [2.45, 2.75) is 36.7 Å². The Labute approximate surface area is 229 Å². The summed E-state index contributed by atoms with van der Waals surface area (Å²) >= 11 is 7.46. The topological polar surface area (TPSA) is 69.6 Å². The Morgan fingerprint density at radius 2 is 1.84 bits per heavy atom. The summed E-state index contributed by atoms with van der Waals surface area (Å²) in [5.74, 6) is 1.99. The molecule has 5 aromatic rings. The van der Waals surface area contributed by atoms with Crippen LogP contribution < -0.4 is 10.3 Å². The molecule has 0 radical (unpaired) electrons. The van der Waals surface area contributed by atoms with E-state index in [0.717, 1.165) is 27.3 Å². The molecule has 2 heterocycles. The van der Waals surface area contributed by atoms with Gasteiger partial charge in [-0.2, -0.15) is 9.78 Å². The second kappa shape index (κ2) is 10.9. The minimum absolute atomic E-state index is 0.216. The van der Waals surface area contributed by atoms with Crippen LogP contribution in [0.15, 0.2) is 97.1 Å². The number of halogens is 1. The first kappa shape index (κ1) is 25.8. The van der Waals surface area contributed by atoms with Gasteiger partial charge in [-0.05, 0) is 84.6 Å². The molecule has 192 valence electrons. The highest BCUT2D eigenvalue weighted by Crippen LogP contribution is 2.34. The molecule has 0 spiro atoms. The second-order valence-electron chi connectivity index (χ2n) is 9.09. The van der Waals surface area contributed by atoms with Crippen LogP contribution in [-0.2, 0) is 0 Å². The summed E-state index contributed by atoms with van der Waals surface area (Å²) in [6.45, 7) is 6.18. The summed E-state index contributed by atoms with van der Waals surface area (Å²) < 4.78 is 12.9. The van der Waals surface area contributed by atoms with Crippen molar-refractivity contribution in [2.24, 2.45) is 5.10 Å². The lowest BCUT2D eigenvalue weighted by Gasteiger charge is -2.17. The van der Waals surface area contributed by atoms with Crippen LogP contribution in [0.2, 0.25) is 5.02 Å². The van der Waals surface area contributed by atoms with Crippen molar-refractivity contribution in [3.63, 3.8) is 0 Å². The van der Waals surface area contributed by atoms with Gasteiger partial charge in [0.25, 0.3) is 5.56 Å². The Kier molecular flexibility index (Phi) is 7.40. The van der Waals surface area contributed by atoms with Crippen LogP contribution in [0.5, 0.6) is 5.75 Å². The van der Waals surface area contributed by atoms with Crippen LogP contribution in [0.1, 0.15) is 36.7 Å². The van der Waals surface area contributed by atoms with Crippen LogP contribution in [0.4, 0.5) is 0 Å². The Bertz CT molecular complexity index is 1700. The fourth-order valence-corrected chi connectivity index (χ4v) is 5.07. The molecule has 0 bridgehead atoms. The highest BCUT2D eigenvalue weighted by Gasteiger charge is 2.18. The van der Waals surface area contributed by atoms with Crippen molar-refractivity contribution in [1.82, 2.24) is 9.66 Å². The molecular weight excluding hydrogens is 518 g/mol. The van der Waals surface area contributed by atoms with E-state index in [1.54, 1.807) is 13.2 Å². The number of aromatic nitrogens is 2. The van der Waals surface area contributed by atoms with E-state index in [1.165, 1.54) is 22.7 Å². The van der Waals surface area contributed by atoms with Crippen LogP contribution >= 0.6 is 23.4 Å². The average molecular weight is 544 g/mol. The van der Waals surface area contributed by atoms with E-state index in [0.29, 0.717) is 32.6 Å². The van der Waals surface area contributed by atoms with Crippen LogP contribution in [0.25, 0.3) is 22.3 Å². The van der Waals surface area contributed by atoms with E-state index in [4.69, 9.17) is 25.7 Å². The number of fused-ring (bicyclic) bond motifs is 1. The number of nitrogens with zero attached hydrogens (tertiary/aromatic N) is 3. The zero-order valence-corrected chi connectivity index (χ0v) is 23.0. The summed E-state index contributed by atoms with van der Waals surface area (Å²) in [4.78, 5) is 19.5. The van der Waals surface area contributed by atoms with E-state index >= 15 is 0 Å². The Morgan fingerprint density at radius 1 is 1.08 bits per heavy atom. The lowest BCUT2D eigenvalue weighted by Crippen LogP contribution is -2.20. The summed E-state index contributed by atoms with van der Waals surface area (Å²) in [6.07, 6.45) is 1.54. The summed E-state index contributed by atoms with van der Waals surface area (Å²) in [6, 6.07) is 22.5. The largest absolute Gasteiger partial charge is 0.496 e. The van der Waals surface area contributed by atoms with Gasteiger partial charge in [0.15, 0.2) is 10.9 Å². The predicted octanol–water partition coefficient (Wildman–Crippen LogP) is 7.78. The molecule has 0 N–H and O–H groups in total. The predicted molar refractivity (Wildman–Crippen MR) is 154 cm³/mol. The maximum absolute atomic E-state index is 13.6. The number of hydrogen-bond donors (Lipinski definition) is 0. The minimum atomic E-state index is -0.259. The number of hydrogen-bond acceptors (Lipinski definition) is 6. The van der Waals surface area contributed by atoms with Gasteiger partial charge >= 0.3 is 0 Å². The lowest BCUT2D eigenvalue weighted by atomic mass is 9.96. The third-order valence-corrected chi connectivity index (χ3v) is 7.31. The Hall–Kier alpha value is -3.81. The lowest BCUT2D eigenvalue weighted by molar-refractivity contribution is 0.407. The molecule has 2 aromatic heterocycles. The highest BCUT2D eigenvalue weighted by atomic mass is 35.5. The molecule has 0 unspecified atom stereocenters. The van der Waals surface area contributed by atoms with Crippen molar-refractivity contribution < 1.29 is 9.15 Å². The summed E-state index contributed by atoms with van der Waals surface area (Å²) in [5, 5.41) is 6.43. The number of aryl methyl sites for hydroxylation is 1. The highest BCUT2D eigenvalue weighted by molar-refractivity contribution is 7.99. The van der Waals surface area contributed by atoms with Crippen molar-refractivity contribution in [3.8, 4) is 17.1 Å². The number of ether oxygens (including phenoxy) is 1. The van der Waals surface area contributed by atoms with Gasteiger partial charge in [-0.3, -0.25) is 4.79 Å². The van der Waals surface area contributed by atoms with Crippen molar-refractivity contribution >= 4 is 40.5 Å². The van der Waals surface area contributed by atoms with Crippen LogP contribution in [-0.4, -0.2) is 23.0 Å². The van der Waals surface area contributed by atoms with Crippen molar-refractivity contribution in [3.05, 3.63) is 105 Å². The quantitative estimate of drug-likeness (QED) is 0.196. The molecule has 0 amide bonds. The molecule has 6 nitrogen and oxygen atoms in total. The van der Waals surface area contributed by atoms with Gasteiger partial charge in [-0.15, -0.1) is 0 Å². The summed E-state index contributed by atoms with van der Waals surface area (Å²) in [7, 11) is 1.66. The maximum Gasteiger partial charge on any atom is 0.282 e. The number of benzene rings is 3. The number of methoxy groups -OCH3 is 1. The third kappa shape index (κ3) is 5.26. The number of furan rings is 1. The average Bonchev–Trinajstić information content (AvgIpc) is 3.36. The molecule has 0 atom stereocenters. The first-order valence-electron chi connectivity index (χ1n) is 12.1. The van der Waals surface area contributed by atoms with E-state index in [1.807, 2.05) is 73.7 Å². The monoisotopic (exact) mass is 543 g/mol. The molecule has 8 heteroatoms. The van der Waals surface area contributed by atoms with Crippen molar-refractivity contribution in [1.29, 1.82) is 0 Å².